The molecule has 13 heavy (non-hydrogen) atoms. The minimum atomic E-state index is -0.129. The Morgan fingerprint density at radius 3 is 2.85 bits per heavy atom. The first kappa shape index (κ1) is 8.42. The van der Waals surface area contributed by atoms with Crippen molar-refractivity contribution in [3.8, 4) is 0 Å². The number of benzene rings is 1. The molecule has 1 aromatic carbocycles. The van der Waals surface area contributed by atoms with Crippen LogP contribution in [0.5, 0.6) is 0 Å². The standard InChI is InChI=1S/C11H12FN/c1-7-5-9-3-4-13-8(2)10(9)6-11(7)12/h5-6H,3-4H2,1-2H3. The molecule has 1 heterocycles. The molecule has 1 aromatic rings. The molecule has 0 saturated carbocycles. The molecule has 0 aromatic heterocycles. The van der Waals surface area contributed by atoms with Crippen LogP contribution in [0.3, 0.4) is 0 Å². The second kappa shape index (κ2) is 2.95. The molecule has 68 valence electrons. The molecule has 0 spiro atoms. The van der Waals surface area contributed by atoms with Crippen LogP contribution in [0.25, 0.3) is 0 Å². The van der Waals surface area contributed by atoms with Crippen molar-refractivity contribution in [2.24, 2.45) is 4.99 Å². The summed E-state index contributed by atoms with van der Waals surface area (Å²) in [7, 11) is 0. The van der Waals surface area contributed by atoms with Crippen molar-refractivity contribution >= 4 is 5.71 Å². The molecule has 0 fully saturated rings. The van der Waals surface area contributed by atoms with Gasteiger partial charge in [0.25, 0.3) is 0 Å². The smallest absolute Gasteiger partial charge is 0.126 e. The van der Waals surface area contributed by atoms with Crippen LogP contribution in [0.2, 0.25) is 0 Å². The highest BCUT2D eigenvalue weighted by Gasteiger charge is 2.12. The number of aryl methyl sites for hydroxylation is 1. The summed E-state index contributed by atoms with van der Waals surface area (Å²) < 4.78 is 13.2. The number of aliphatic imine (C=N–C) groups is 1. The summed E-state index contributed by atoms with van der Waals surface area (Å²) in [5, 5.41) is 0. The van der Waals surface area contributed by atoms with Gasteiger partial charge in [-0.15, -0.1) is 0 Å². The molecular formula is C11H12FN. The average Bonchev–Trinajstić information content (AvgIpc) is 2.09. The second-order valence-corrected chi connectivity index (χ2v) is 3.48. The van der Waals surface area contributed by atoms with Crippen LogP contribution in [0.1, 0.15) is 23.6 Å². The minimum Gasteiger partial charge on any atom is -0.289 e. The predicted molar refractivity (Wildman–Crippen MR) is 51.9 cm³/mol. The van der Waals surface area contributed by atoms with Gasteiger partial charge in [-0.25, -0.2) is 4.39 Å². The average molecular weight is 177 g/mol. The first-order valence-corrected chi connectivity index (χ1v) is 4.49. The summed E-state index contributed by atoms with van der Waals surface area (Å²) in [5.74, 6) is -0.129. The van der Waals surface area contributed by atoms with E-state index in [0.29, 0.717) is 0 Å². The Morgan fingerprint density at radius 2 is 2.08 bits per heavy atom. The first-order chi connectivity index (χ1) is 6.18. The molecular weight excluding hydrogens is 165 g/mol. The quantitative estimate of drug-likeness (QED) is 0.577. The zero-order chi connectivity index (χ0) is 9.42. The van der Waals surface area contributed by atoms with E-state index in [-0.39, 0.29) is 5.82 Å². The van der Waals surface area contributed by atoms with E-state index in [1.807, 2.05) is 13.0 Å². The van der Waals surface area contributed by atoms with Crippen LogP contribution in [0.4, 0.5) is 4.39 Å². The third-order valence-corrected chi connectivity index (χ3v) is 2.50. The molecule has 0 atom stereocenters. The van der Waals surface area contributed by atoms with Crippen molar-refractivity contribution in [2.75, 3.05) is 6.54 Å². The van der Waals surface area contributed by atoms with Gasteiger partial charge in [-0.2, -0.15) is 0 Å². The molecule has 0 bridgehead atoms. The highest BCUT2D eigenvalue weighted by atomic mass is 19.1. The molecule has 0 N–H and O–H groups in total. The molecule has 1 nitrogen and oxygen atoms in total. The van der Waals surface area contributed by atoms with E-state index in [2.05, 4.69) is 4.99 Å². The first-order valence-electron chi connectivity index (χ1n) is 4.49. The number of hydrogen-bond donors (Lipinski definition) is 0. The van der Waals surface area contributed by atoms with Crippen molar-refractivity contribution in [2.45, 2.75) is 20.3 Å². The van der Waals surface area contributed by atoms with Gasteiger partial charge in [0.15, 0.2) is 0 Å². The monoisotopic (exact) mass is 177 g/mol. The Labute approximate surface area is 77.3 Å². The van der Waals surface area contributed by atoms with Gasteiger partial charge in [0, 0.05) is 17.8 Å². The van der Waals surface area contributed by atoms with Crippen molar-refractivity contribution in [1.29, 1.82) is 0 Å². The molecule has 1 aliphatic rings. The molecule has 2 heteroatoms. The molecule has 0 unspecified atom stereocenters. The Balaban J connectivity index is 2.61. The number of rotatable bonds is 0. The predicted octanol–water partition coefficient (Wildman–Crippen LogP) is 2.50. The van der Waals surface area contributed by atoms with Gasteiger partial charge in [-0.3, -0.25) is 4.99 Å². The van der Waals surface area contributed by atoms with Crippen LogP contribution < -0.4 is 0 Å². The van der Waals surface area contributed by atoms with Crippen LogP contribution in [-0.4, -0.2) is 12.3 Å². The Kier molecular flexibility index (Phi) is 1.91. The maximum absolute atomic E-state index is 13.2. The summed E-state index contributed by atoms with van der Waals surface area (Å²) in [6.45, 7) is 4.58. The lowest BCUT2D eigenvalue weighted by atomic mass is 9.96. The molecule has 0 radical (unpaired) electrons. The van der Waals surface area contributed by atoms with Gasteiger partial charge >= 0.3 is 0 Å². The van der Waals surface area contributed by atoms with E-state index in [1.165, 1.54) is 5.56 Å². The van der Waals surface area contributed by atoms with Crippen LogP contribution in [0, 0.1) is 12.7 Å². The lowest BCUT2D eigenvalue weighted by Crippen LogP contribution is -2.10. The van der Waals surface area contributed by atoms with E-state index in [9.17, 15) is 4.39 Å². The molecule has 0 amide bonds. The summed E-state index contributed by atoms with van der Waals surface area (Å²) in [4.78, 5) is 4.29. The van der Waals surface area contributed by atoms with Crippen molar-refractivity contribution in [1.82, 2.24) is 0 Å². The van der Waals surface area contributed by atoms with Crippen molar-refractivity contribution in [3.05, 3.63) is 34.6 Å². The number of fused-ring (bicyclic) bond motifs is 1. The van der Waals surface area contributed by atoms with Gasteiger partial charge in [-0.05, 0) is 37.5 Å². The van der Waals surface area contributed by atoms with E-state index >= 15 is 0 Å². The van der Waals surface area contributed by atoms with Crippen LogP contribution in [-0.2, 0) is 6.42 Å². The van der Waals surface area contributed by atoms with Gasteiger partial charge < -0.3 is 0 Å². The zero-order valence-corrected chi connectivity index (χ0v) is 7.89. The SMILES string of the molecule is CC1=NCCc2cc(C)c(F)cc21. The van der Waals surface area contributed by atoms with E-state index < -0.39 is 0 Å². The summed E-state index contributed by atoms with van der Waals surface area (Å²) in [5.41, 5.74) is 3.90. The Hall–Kier alpha value is -1.18. The van der Waals surface area contributed by atoms with E-state index in [4.69, 9.17) is 0 Å². The topological polar surface area (TPSA) is 12.4 Å². The molecule has 2 rings (SSSR count). The van der Waals surface area contributed by atoms with Crippen molar-refractivity contribution in [3.63, 3.8) is 0 Å². The summed E-state index contributed by atoms with van der Waals surface area (Å²) in [6, 6.07) is 3.53. The normalized spacial score (nSPS) is 15.2. The highest BCUT2D eigenvalue weighted by Crippen LogP contribution is 2.20. The largest absolute Gasteiger partial charge is 0.289 e. The number of hydrogen-bond acceptors (Lipinski definition) is 1. The number of halogens is 1. The minimum absolute atomic E-state index is 0.129. The molecule has 1 aliphatic heterocycles. The maximum atomic E-state index is 13.2. The van der Waals surface area contributed by atoms with Gasteiger partial charge in [0.05, 0.1) is 0 Å². The lowest BCUT2D eigenvalue weighted by Gasteiger charge is -2.15. The number of nitrogens with zero attached hydrogens (tertiary/aromatic N) is 1. The summed E-state index contributed by atoms with van der Waals surface area (Å²) >= 11 is 0. The Bertz CT molecular complexity index is 380. The second-order valence-electron chi connectivity index (χ2n) is 3.48. The fraction of sp³-hybridized carbons (Fsp3) is 0.364. The van der Waals surface area contributed by atoms with Gasteiger partial charge in [-0.1, -0.05) is 6.07 Å². The van der Waals surface area contributed by atoms with E-state index in [0.717, 1.165) is 29.8 Å². The maximum Gasteiger partial charge on any atom is 0.126 e. The fourth-order valence-electron chi connectivity index (χ4n) is 1.71. The molecule has 0 saturated heterocycles. The van der Waals surface area contributed by atoms with Crippen molar-refractivity contribution < 1.29 is 4.39 Å². The Morgan fingerprint density at radius 1 is 1.31 bits per heavy atom. The fourth-order valence-corrected chi connectivity index (χ4v) is 1.71. The highest BCUT2D eigenvalue weighted by molar-refractivity contribution is 6.00. The van der Waals surface area contributed by atoms with E-state index in [1.54, 1.807) is 13.0 Å². The third kappa shape index (κ3) is 1.37. The molecule has 0 aliphatic carbocycles. The third-order valence-electron chi connectivity index (χ3n) is 2.50. The van der Waals surface area contributed by atoms with Gasteiger partial charge in [0.2, 0.25) is 0 Å². The van der Waals surface area contributed by atoms with Crippen LogP contribution >= 0.6 is 0 Å². The summed E-state index contributed by atoms with van der Waals surface area (Å²) in [6.07, 6.45) is 0.938. The zero-order valence-electron chi connectivity index (χ0n) is 7.89. The van der Waals surface area contributed by atoms with Crippen LogP contribution in [0.15, 0.2) is 17.1 Å². The lowest BCUT2D eigenvalue weighted by molar-refractivity contribution is 0.616. The van der Waals surface area contributed by atoms with Gasteiger partial charge in [0.1, 0.15) is 5.82 Å².